The van der Waals surface area contributed by atoms with Crippen molar-refractivity contribution >= 4 is 75.4 Å². The van der Waals surface area contributed by atoms with Crippen molar-refractivity contribution in [2.45, 2.75) is 57.8 Å². The van der Waals surface area contributed by atoms with E-state index in [1.165, 1.54) is 0 Å². The van der Waals surface area contributed by atoms with Crippen LogP contribution in [-0.4, -0.2) is 0 Å². The van der Waals surface area contributed by atoms with Crippen LogP contribution in [-0.2, 0) is 16.2 Å². The summed E-state index contributed by atoms with van der Waals surface area (Å²) >= 11 is 0. The van der Waals surface area contributed by atoms with Gasteiger partial charge in [-0.1, -0.05) is 199 Å². The number of fused-ring (bicyclic) bond motifs is 12. The topological polar surface area (TPSA) is 0 Å². The fraction of sp³-hybridized carbons (Fsp3) is 0.130. The van der Waals surface area contributed by atoms with Gasteiger partial charge in [-0.15, -0.1) is 0 Å². The van der Waals surface area contributed by atoms with Gasteiger partial charge in [-0.05, 0) is 200 Å². The molecule has 0 atom stereocenters. The first kappa shape index (κ1) is 19.3. The first-order valence-corrected chi connectivity index (χ1v) is 22.2. The minimum Gasteiger partial charge on any atom is -0.0619 e. The first-order chi connectivity index (χ1) is 46.9. The van der Waals surface area contributed by atoms with Gasteiger partial charge in [0, 0.05) is 0 Å². The molecule has 13 aromatic rings. The molecule has 0 fully saturated rings. The third-order valence-corrected chi connectivity index (χ3v) is 13.6. The van der Waals surface area contributed by atoms with E-state index in [9.17, 15) is 41.1 Å². The molecule has 1 spiro atoms. The van der Waals surface area contributed by atoms with Crippen LogP contribution in [0.3, 0.4) is 0 Å². The molecule has 0 heterocycles. The smallest absolute Gasteiger partial charge is 0.0619 e. The van der Waals surface area contributed by atoms with Crippen LogP contribution in [0.4, 0.5) is 0 Å². The van der Waals surface area contributed by atoms with E-state index in [-0.39, 0.29) is 78.4 Å². The Morgan fingerprint density at radius 2 is 0.652 bits per heavy atom. The van der Waals surface area contributed by atoms with Gasteiger partial charge in [0.05, 0.1) is 49.3 Å². The lowest BCUT2D eigenvalue weighted by Gasteiger charge is -2.32. The predicted molar refractivity (Wildman–Crippen MR) is 296 cm³/mol. The van der Waals surface area contributed by atoms with Gasteiger partial charge in [-0.3, -0.25) is 0 Å². The average molecular weight is 911 g/mol. The van der Waals surface area contributed by atoms with Crippen molar-refractivity contribution in [2.24, 2.45) is 0 Å². The Morgan fingerprint density at radius 1 is 0.304 bits per heavy atom. The molecular formula is C69H50. The molecule has 0 aliphatic heterocycles. The zero-order valence-corrected chi connectivity index (χ0v) is 37.5. The van der Waals surface area contributed by atoms with E-state index in [1.807, 2.05) is 0 Å². The van der Waals surface area contributed by atoms with Gasteiger partial charge >= 0.3 is 0 Å². The zero-order valence-electron chi connectivity index (χ0n) is 69.5. The van der Waals surface area contributed by atoms with Crippen LogP contribution in [0.15, 0.2) is 193 Å². The fourth-order valence-corrected chi connectivity index (χ4v) is 10.4. The lowest BCUT2D eigenvalue weighted by atomic mass is 9.69. The fourth-order valence-electron chi connectivity index (χ4n) is 10.4. The SMILES string of the molecule is [2H]c1c([2H])c([2H])c2c(c1[2H])-c1c([2H])c([2H])c([2H])c([2H])c1C21c2c([2H])c(-c3c([2H])c4c([2H])c([2H])c5c([2H])c(C(C)(C)C)c([2H])c6c([2H])c([2H])c(c3[2H])c4c56)c([2H])c([2H])c2-c2c([2H])c([2H])c3c([2H])c(-c4c([2H])c5c([2H])c([2H])c6c([2H])c(C(C)(C)C)c([2H])c7c([2H])c([2H])c(c4[2H])c5c67)c([2H])c([2H])c3c21. The molecule has 0 amide bonds. The normalized spacial score (nSPS) is 20.6. The van der Waals surface area contributed by atoms with Gasteiger partial charge in [0.15, 0.2) is 0 Å². The molecule has 0 saturated heterocycles. The molecule has 0 nitrogen and oxygen atoms in total. The highest BCUT2D eigenvalue weighted by atomic mass is 14.5. The molecule has 0 radical (unpaired) electrons. The van der Waals surface area contributed by atoms with E-state index < -0.39 is 285 Å². The third-order valence-electron chi connectivity index (χ3n) is 13.6. The largest absolute Gasteiger partial charge is 0.0731 e. The van der Waals surface area contributed by atoms with Crippen molar-refractivity contribution in [3.63, 3.8) is 0 Å². The summed E-state index contributed by atoms with van der Waals surface area (Å²) in [6.07, 6.45) is 0. The molecule has 326 valence electrons. The highest BCUT2D eigenvalue weighted by molar-refractivity contribution is 6.25. The summed E-state index contributed by atoms with van der Waals surface area (Å²) < 4.78 is 312. The molecule has 13 aromatic carbocycles. The second-order valence-electron chi connectivity index (χ2n) is 19.8. The summed E-state index contributed by atoms with van der Waals surface area (Å²) in [5.41, 5.74) is -13.9. The van der Waals surface area contributed by atoms with Gasteiger partial charge in [-0.25, -0.2) is 0 Å². The molecule has 2 aliphatic rings. The van der Waals surface area contributed by atoms with Crippen LogP contribution < -0.4 is 0 Å². The van der Waals surface area contributed by atoms with Crippen LogP contribution >= 0.6 is 0 Å². The third kappa shape index (κ3) is 5.24. The highest BCUT2D eigenvalue weighted by Crippen LogP contribution is 2.64. The Kier molecular flexibility index (Phi) is 3.71. The first-order valence-electron chi connectivity index (χ1n) is 38.2. The molecule has 15 rings (SSSR count). The van der Waals surface area contributed by atoms with Crippen LogP contribution in [0, 0.1) is 0 Å². The van der Waals surface area contributed by atoms with Crippen LogP contribution in [0.2, 0.25) is 0 Å². The van der Waals surface area contributed by atoms with Crippen molar-refractivity contribution in [3.05, 3.63) is 227 Å². The Bertz CT molecular complexity index is 6040. The minimum atomic E-state index is -3.08. The summed E-state index contributed by atoms with van der Waals surface area (Å²) in [6, 6.07) is -27.2. The van der Waals surface area contributed by atoms with E-state index in [4.69, 9.17) is 2.74 Å². The van der Waals surface area contributed by atoms with Crippen LogP contribution in [0.1, 0.15) is 119 Å². The minimum absolute atomic E-state index is 0.0644. The standard InChI is InChI=1S/C69H50/c1-67(2,3)52-34-46-19-15-42-30-50(31-43-16-20-47(35-52)64(46)62(42)43)39-23-26-54-41(29-39)25-28-58-57-27-24-40(38-61(57)69(66(54)58)59-13-9-7-11-55(59)56-12-8-10-14-60(56)69)51-32-44-17-21-48-36-53(68(4,5)6)37-49-22-18-45(33-51)63(44)65(48)49/h7-38H,1-6H3/i7D,8D,9D,10D,11D,12D,13D,14D,15D,16D,17D,18D,19D,20D,21D,22D,23D,24D,25D,26D,27D,28D,29D,30D,31D,32D,33D,34D,35D,36D,37D,38D. The van der Waals surface area contributed by atoms with Crippen molar-refractivity contribution in [2.75, 3.05) is 0 Å². The molecule has 69 heavy (non-hydrogen) atoms. The van der Waals surface area contributed by atoms with Gasteiger partial charge in [0.25, 0.3) is 0 Å². The maximum Gasteiger partial charge on any atom is 0.0731 e. The Morgan fingerprint density at radius 3 is 1.10 bits per heavy atom. The molecular weight excluding hydrogens is 829 g/mol. The second-order valence-corrected chi connectivity index (χ2v) is 19.8. The Balaban J connectivity index is 1.15. The Hall–Kier alpha value is -7.80. The molecule has 0 saturated carbocycles. The molecule has 0 unspecified atom stereocenters. The van der Waals surface area contributed by atoms with E-state index in [2.05, 4.69) is 0 Å². The van der Waals surface area contributed by atoms with E-state index in [0.29, 0.717) is 0 Å². The van der Waals surface area contributed by atoms with E-state index in [0.717, 1.165) is 0 Å². The summed E-state index contributed by atoms with van der Waals surface area (Å²) in [5, 5.41) is -5.41. The number of benzene rings is 13. The van der Waals surface area contributed by atoms with Crippen molar-refractivity contribution < 1.29 is 43.9 Å². The number of rotatable bonds is 2. The predicted octanol–water partition coefficient (Wildman–Crippen LogP) is 18.9. The molecule has 2 aliphatic carbocycles. The maximum atomic E-state index is 10.8. The quantitative estimate of drug-likeness (QED) is 0.152. The molecule has 0 bridgehead atoms. The lowest BCUT2D eigenvalue weighted by molar-refractivity contribution is 0.591. The van der Waals surface area contributed by atoms with E-state index >= 15 is 0 Å². The average Bonchev–Trinajstić information content (AvgIpc) is 1.47. The van der Waals surface area contributed by atoms with E-state index in [1.54, 1.807) is 41.5 Å². The molecule has 0 aromatic heterocycles. The highest BCUT2D eigenvalue weighted by Gasteiger charge is 2.52. The summed E-state index contributed by atoms with van der Waals surface area (Å²) in [7, 11) is 0. The zero-order chi connectivity index (χ0) is 74.1. The second kappa shape index (κ2) is 13.2. The molecule has 0 heteroatoms. The van der Waals surface area contributed by atoms with Gasteiger partial charge in [-0.2, -0.15) is 0 Å². The maximum absolute atomic E-state index is 10.8. The number of hydrogen-bond donors (Lipinski definition) is 0. The lowest BCUT2D eigenvalue weighted by Crippen LogP contribution is -2.26. The van der Waals surface area contributed by atoms with Gasteiger partial charge < -0.3 is 0 Å². The molecule has 0 N–H and O–H groups in total. The van der Waals surface area contributed by atoms with Crippen molar-refractivity contribution in [3.8, 4) is 44.5 Å². The van der Waals surface area contributed by atoms with Crippen LogP contribution in [0.5, 0.6) is 0 Å². The van der Waals surface area contributed by atoms with Gasteiger partial charge in [0.1, 0.15) is 0 Å². The van der Waals surface area contributed by atoms with Crippen molar-refractivity contribution in [1.29, 1.82) is 0 Å². The van der Waals surface area contributed by atoms with Crippen molar-refractivity contribution in [1.82, 2.24) is 0 Å². The summed E-state index contributed by atoms with van der Waals surface area (Å²) in [4.78, 5) is 0. The Labute approximate surface area is 448 Å². The van der Waals surface area contributed by atoms with Crippen LogP contribution in [0.25, 0.3) is 120 Å². The number of hydrogen-bond acceptors (Lipinski definition) is 0. The van der Waals surface area contributed by atoms with Gasteiger partial charge in [0.2, 0.25) is 0 Å². The monoisotopic (exact) mass is 911 g/mol. The summed E-state index contributed by atoms with van der Waals surface area (Å²) in [6.45, 7) is 10.2. The summed E-state index contributed by atoms with van der Waals surface area (Å²) in [5.74, 6) is 0.